The molecule has 1 fully saturated rings. The van der Waals surface area contributed by atoms with E-state index in [1.54, 1.807) is 0 Å². The molecule has 1 atom stereocenters. The summed E-state index contributed by atoms with van der Waals surface area (Å²) in [5, 5.41) is 3.16. The number of hydrogen-bond donors (Lipinski definition) is 1. The van der Waals surface area contributed by atoms with Gasteiger partial charge in [0.15, 0.2) is 0 Å². The van der Waals surface area contributed by atoms with Crippen LogP contribution in [0.25, 0.3) is 0 Å². The molecule has 96 valence electrons. The van der Waals surface area contributed by atoms with Crippen molar-refractivity contribution in [1.29, 1.82) is 0 Å². The SMILES string of the molecule is CNCC1CCCN1C(=O)CC(C)(C)C.Cl. The Balaban J connectivity index is 0.00000225. The summed E-state index contributed by atoms with van der Waals surface area (Å²) < 4.78 is 0. The second-order valence-electron chi connectivity index (χ2n) is 5.68. The standard InChI is InChI=1S/C12H24N2O.ClH/c1-12(2,3)8-11(15)14-7-5-6-10(14)9-13-4;/h10,13H,5-9H2,1-4H3;1H. The first-order valence-electron chi connectivity index (χ1n) is 5.88. The maximum Gasteiger partial charge on any atom is 0.223 e. The average molecular weight is 249 g/mol. The van der Waals surface area contributed by atoms with E-state index in [2.05, 4.69) is 31.0 Å². The van der Waals surface area contributed by atoms with Crippen LogP contribution in [0, 0.1) is 5.41 Å². The largest absolute Gasteiger partial charge is 0.338 e. The summed E-state index contributed by atoms with van der Waals surface area (Å²) in [6.45, 7) is 8.23. The van der Waals surface area contributed by atoms with Crippen molar-refractivity contribution in [3.8, 4) is 0 Å². The predicted octanol–water partition coefficient (Wildman–Crippen LogP) is 2.05. The number of nitrogens with one attached hydrogen (secondary N) is 1. The van der Waals surface area contributed by atoms with E-state index in [0.717, 1.165) is 25.9 Å². The third-order valence-corrected chi connectivity index (χ3v) is 2.82. The Kier molecular flexibility index (Phi) is 6.34. The summed E-state index contributed by atoms with van der Waals surface area (Å²) in [6.07, 6.45) is 2.96. The number of amides is 1. The van der Waals surface area contributed by atoms with Crippen molar-refractivity contribution < 1.29 is 4.79 Å². The van der Waals surface area contributed by atoms with E-state index in [1.165, 1.54) is 0 Å². The lowest BCUT2D eigenvalue weighted by atomic mass is 9.91. The molecule has 0 bridgehead atoms. The monoisotopic (exact) mass is 248 g/mol. The van der Waals surface area contributed by atoms with Crippen molar-refractivity contribution in [1.82, 2.24) is 10.2 Å². The topological polar surface area (TPSA) is 32.3 Å². The molecule has 1 rings (SSSR count). The molecule has 0 aromatic carbocycles. The first kappa shape index (κ1) is 15.7. The Morgan fingerprint density at radius 1 is 1.44 bits per heavy atom. The number of likely N-dealkylation sites (tertiary alicyclic amines) is 1. The molecule has 4 heteroatoms. The quantitative estimate of drug-likeness (QED) is 0.829. The summed E-state index contributed by atoms with van der Waals surface area (Å²) >= 11 is 0. The van der Waals surface area contributed by atoms with Gasteiger partial charge in [0.2, 0.25) is 5.91 Å². The Hall–Kier alpha value is -0.280. The second-order valence-corrected chi connectivity index (χ2v) is 5.68. The molecule has 0 saturated carbocycles. The number of hydrogen-bond acceptors (Lipinski definition) is 2. The molecule has 1 aliphatic rings. The van der Waals surface area contributed by atoms with Gasteiger partial charge in [-0.05, 0) is 25.3 Å². The molecular formula is C12H25ClN2O. The Bertz CT molecular complexity index is 226. The molecule has 0 radical (unpaired) electrons. The zero-order chi connectivity index (χ0) is 11.5. The third-order valence-electron chi connectivity index (χ3n) is 2.82. The van der Waals surface area contributed by atoms with Crippen LogP contribution in [-0.4, -0.2) is 37.0 Å². The number of halogens is 1. The second kappa shape index (κ2) is 6.45. The fraction of sp³-hybridized carbons (Fsp3) is 0.917. The molecular weight excluding hydrogens is 224 g/mol. The van der Waals surface area contributed by atoms with Gasteiger partial charge < -0.3 is 10.2 Å². The average Bonchev–Trinajstić information content (AvgIpc) is 2.49. The summed E-state index contributed by atoms with van der Waals surface area (Å²) in [7, 11) is 1.95. The first-order chi connectivity index (χ1) is 6.94. The number of nitrogens with zero attached hydrogens (tertiary/aromatic N) is 1. The molecule has 16 heavy (non-hydrogen) atoms. The van der Waals surface area contributed by atoms with Crippen LogP contribution in [0.15, 0.2) is 0 Å². The number of carbonyl (C=O) groups excluding carboxylic acids is 1. The van der Waals surface area contributed by atoms with Crippen LogP contribution in [-0.2, 0) is 4.79 Å². The summed E-state index contributed by atoms with van der Waals surface area (Å²) in [6, 6.07) is 0.421. The van der Waals surface area contributed by atoms with Crippen molar-refractivity contribution in [3.05, 3.63) is 0 Å². The van der Waals surface area contributed by atoms with Gasteiger partial charge in [-0.2, -0.15) is 0 Å². The minimum Gasteiger partial charge on any atom is -0.338 e. The van der Waals surface area contributed by atoms with Gasteiger partial charge in [0.05, 0.1) is 0 Å². The maximum absolute atomic E-state index is 12.0. The van der Waals surface area contributed by atoms with Crippen molar-refractivity contribution in [2.75, 3.05) is 20.1 Å². The summed E-state index contributed by atoms with van der Waals surface area (Å²) in [5.74, 6) is 0.320. The van der Waals surface area contributed by atoms with E-state index in [9.17, 15) is 4.79 Å². The number of carbonyl (C=O) groups is 1. The van der Waals surface area contributed by atoms with Crippen LogP contribution in [0.5, 0.6) is 0 Å². The molecule has 1 heterocycles. The molecule has 1 amide bonds. The highest BCUT2D eigenvalue weighted by atomic mass is 35.5. The van der Waals surface area contributed by atoms with Gasteiger partial charge in [-0.25, -0.2) is 0 Å². The summed E-state index contributed by atoms with van der Waals surface area (Å²) in [4.78, 5) is 14.1. The fourth-order valence-corrected chi connectivity index (χ4v) is 2.17. The van der Waals surface area contributed by atoms with E-state index in [0.29, 0.717) is 18.4 Å². The highest BCUT2D eigenvalue weighted by Gasteiger charge is 2.30. The highest BCUT2D eigenvalue weighted by molar-refractivity contribution is 5.85. The van der Waals surface area contributed by atoms with Gasteiger partial charge in [0.1, 0.15) is 0 Å². The molecule has 1 N–H and O–H groups in total. The normalized spacial score (nSPS) is 20.8. The molecule has 3 nitrogen and oxygen atoms in total. The fourth-order valence-electron chi connectivity index (χ4n) is 2.17. The molecule has 0 aromatic heterocycles. The van der Waals surface area contributed by atoms with E-state index in [4.69, 9.17) is 0 Å². The van der Waals surface area contributed by atoms with Gasteiger partial charge in [-0.3, -0.25) is 4.79 Å². The molecule has 1 unspecified atom stereocenters. The van der Waals surface area contributed by atoms with Gasteiger partial charge in [0.25, 0.3) is 0 Å². The molecule has 1 saturated heterocycles. The molecule has 0 spiro atoms. The molecule has 0 aromatic rings. The summed E-state index contributed by atoms with van der Waals surface area (Å²) in [5.41, 5.74) is 0.101. The Labute approximate surface area is 105 Å². The van der Waals surface area contributed by atoms with E-state index >= 15 is 0 Å². The maximum atomic E-state index is 12.0. The predicted molar refractivity (Wildman–Crippen MR) is 70.0 cm³/mol. The lowest BCUT2D eigenvalue weighted by Crippen LogP contribution is -2.42. The molecule has 0 aliphatic carbocycles. The Morgan fingerprint density at radius 2 is 2.06 bits per heavy atom. The lowest BCUT2D eigenvalue weighted by Gasteiger charge is -2.28. The van der Waals surface area contributed by atoms with Crippen LogP contribution in [0.4, 0.5) is 0 Å². The minimum absolute atomic E-state index is 0. The van der Waals surface area contributed by atoms with E-state index in [1.807, 2.05) is 7.05 Å². The van der Waals surface area contributed by atoms with Crippen LogP contribution in [0.1, 0.15) is 40.0 Å². The van der Waals surface area contributed by atoms with Crippen molar-refractivity contribution in [2.24, 2.45) is 5.41 Å². The van der Waals surface area contributed by atoms with Gasteiger partial charge in [-0.1, -0.05) is 20.8 Å². The molecule has 1 aliphatic heterocycles. The third kappa shape index (κ3) is 4.71. The van der Waals surface area contributed by atoms with Crippen molar-refractivity contribution >= 4 is 18.3 Å². The van der Waals surface area contributed by atoms with Gasteiger partial charge in [-0.15, -0.1) is 12.4 Å². The first-order valence-corrected chi connectivity index (χ1v) is 5.88. The van der Waals surface area contributed by atoms with E-state index < -0.39 is 0 Å². The van der Waals surface area contributed by atoms with Gasteiger partial charge in [0, 0.05) is 25.6 Å². The van der Waals surface area contributed by atoms with Crippen LogP contribution in [0.3, 0.4) is 0 Å². The van der Waals surface area contributed by atoms with Crippen LogP contribution in [0.2, 0.25) is 0 Å². The highest BCUT2D eigenvalue weighted by Crippen LogP contribution is 2.24. The minimum atomic E-state index is 0. The zero-order valence-corrected chi connectivity index (χ0v) is 11.7. The van der Waals surface area contributed by atoms with Gasteiger partial charge >= 0.3 is 0 Å². The Morgan fingerprint density at radius 3 is 2.56 bits per heavy atom. The van der Waals surface area contributed by atoms with Crippen molar-refractivity contribution in [3.63, 3.8) is 0 Å². The number of likely N-dealkylation sites (N-methyl/N-ethyl adjacent to an activating group) is 1. The van der Waals surface area contributed by atoms with Crippen LogP contribution < -0.4 is 5.32 Å². The van der Waals surface area contributed by atoms with E-state index in [-0.39, 0.29) is 17.8 Å². The lowest BCUT2D eigenvalue weighted by molar-refractivity contribution is -0.133. The van der Waals surface area contributed by atoms with Crippen molar-refractivity contribution in [2.45, 2.75) is 46.1 Å². The van der Waals surface area contributed by atoms with Crippen LogP contribution >= 0.6 is 12.4 Å². The smallest absolute Gasteiger partial charge is 0.223 e. The zero-order valence-electron chi connectivity index (χ0n) is 10.9. The number of rotatable bonds is 3.